The number of amides is 1. The lowest BCUT2D eigenvalue weighted by Crippen LogP contribution is -2.35. The highest BCUT2D eigenvalue weighted by molar-refractivity contribution is 5.78. The highest BCUT2D eigenvalue weighted by Gasteiger charge is 2.33. The van der Waals surface area contributed by atoms with Crippen molar-refractivity contribution in [1.29, 1.82) is 0 Å². The predicted molar refractivity (Wildman–Crippen MR) is 97.6 cm³/mol. The Morgan fingerprint density at radius 2 is 2.23 bits per heavy atom. The molecule has 0 radical (unpaired) electrons. The molecule has 0 N–H and O–H groups in total. The lowest BCUT2D eigenvalue weighted by atomic mass is 10.1. The number of hydrogen-bond donors (Lipinski definition) is 0. The number of aromatic nitrogens is 3. The van der Waals surface area contributed by atoms with Gasteiger partial charge in [-0.25, -0.2) is 9.97 Å². The van der Waals surface area contributed by atoms with Crippen LogP contribution in [0.4, 0.5) is 0 Å². The average molecular weight is 355 g/mol. The Bertz CT molecular complexity index is 751. The average Bonchev–Trinajstić information content (AvgIpc) is 3.11. The first-order valence-corrected chi connectivity index (χ1v) is 8.84. The molecule has 1 saturated heterocycles. The summed E-state index contributed by atoms with van der Waals surface area (Å²) in [6, 6.07) is 3.57. The fraction of sp³-hybridized carbons (Fsp3) is 0.474. The Hall–Kier alpha value is -2.54. The topological polar surface area (TPSA) is 71.5 Å². The molecule has 138 valence electrons. The maximum Gasteiger partial charge on any atom is 0.261 e. The van der Waals surface area contributed by atoms with Gasteiger partial charge in [0, 0.05) is 31.0 Å². The molecule has 2 aromatic rings. The zero-order valence-corrected chi connectivity index (χ0v) is 15.6. The molecule has 1 amide bonds. The van der Waals surface area contributed by atoms with Crippen molar-refractivity contribution in [3.05, 3.63) is 47.8 Å². The van der Waals surface area contributed by atoms with Gasteiger partial charge in [-0.2, -0.15) is 0 Å². The standard InChI is InChI=1S/C19H25N5O2/c1-14-21-10-15(12-23(2)3)19(22-14)17-7-5-9-24(17)18(25)13-26-16-6-4-8-20-11-16/h4,6,8,10-11,17H,5,7,9,12-13H2,1-3H3/t17-/m1/s1. The van der Waals surface area contributed by atoms with Gasteiger partial charge in [-0.3, -0.25) is 9.78 Å². The monoisotopic (exact) mass is 355 g/mol. The Balaban J connectivity index is 1.75. The lowest BCUT2D eigenvalue weighted by molar-refractivity contribution is -0.134. The number of ether oxygens (including phenoxy) is 1. The lowest BCUT2D eigenvalue weighted by Gasteiger charge is -2.26. The van der Waals surface area contributed by atoms with Crippen LogP contribution in [0.1, 0.15) is 36.0 Å². The van der Waals surface area contributed by atoms with Gasteiger partial charge in [0.2, 0.25) is 0 Å². The van der Waals surface area contributed by atoms with Crippen LogP contribution in [-0.2, 0) is 11.3 Å². The summed E-state index contributed by atoms with van der Waals surface area (Å²) in [7, 11) is 4.03. The smallest absolute Gasteiger partial charge is 0.261 e. The van der Waals surface area contributed by atoms with Gasteiger partial charge in [-0.05, 0) is 46.0 Å². The number of rotatable bonds is 6. The number of pyridine rings is 1. The maximum atomic E-state index is 12.7. The Labute approximate surface area is 154 Å². The van der Waals surface area contributed by atoms with Crippen molar-refractivity contribution in [3.8, 4) is 5.75 Å². The Morgan fingerprint density at radius 1 is 1.38 bits per heavy atom. The molecule has 0 unspecified atom stereocenters. The van der Waals surface area contributed by atoms with Crippen LogP contribution in [0.15, 0.2) is 30.7 Å². The summed E-state index contributed by atoms with van der Waals surface area (Å²) < 4.78 is 5.59. The van der Waals surface area contributed by atoms with E-state index in [9.17, 15) is 4.79 Å². The van der Waals surface area contributed by atoms with Crippen LogP contribution in [-0.4, -0.2) is 57.9 Å². The summed E-state index contributed by atoms with van der Waals surface area (Å²) in [4.78, 5) is 29.7. The van der Waals surface area contributed by atoms with Gasteiger partial charge in [0.25, 0.3) is 5.91 Å². The molecule has 7 heteroatoms. The first-order chi connectivity index (χ1) is 12.5. The van der Waals surface area contributed by atoms with E-state index in [0.717, 1.165) is 43.0 Å². The summed E-state index contributed by atoms with van der Waals surface area (Å²) >= 11 is 0. The van der Waals surface area contributed by atoms with Crippen molar-refractivity contribution in [1.82, 2.24) is 24.8 Å². The summed E-state index contributed by atoms with van der Waals surface area (Å²) in [5.74, 6) is 1.31. The van der Waals surface area contributed by atoms with E-state index in [1.165, 1.54) is 0 Å². The second-order valence-electron chi connectivity index (χ2n) is 6.79. The number of hydrogen-bond acceptors (Lipinski definition) is 6. The molecule has 0 bridgehead atoms. The molecule has 0 saturated carbocycles. The third-order valence-electron chi connectivity index (χ3n) is 4.39. The van der Waals surface area contributed by atoms with Crippen molar-refractivity contribution in [3.63, 3.8) is 0 Å². The normalized spacial score (nSPS) is 16.9. The zero-order valence-electron chi connectivity index (χ0n) is 15.6. The van der Waals surface area contributed by atoms with E-state index in [-0.39, 0.29) is 18.6 Å². The fourth-order valence-electron chi connectivity index (χ4n) is 3.27. The van der Waals surface area contributed by atoms with E-state index in [2.05, 4.69) is 19.9 Å². The molecule has 3 heterocycles. The first kappa shape index (κ1) is 18.3. The van der Waals surface area contributed by atoms with E-state index in [0.29, 0.717) is 5.75 Å². The molecule has 26 heavy (non-hydrogen) atoms. The third-order valence-corrected chi connectivity index (χ3v) is 4.39. The van der Waals surface area contributed by atoms with Crippen LogP contribution in [0.3, 0.4) is 0 Å². The SMILES string of the molecule is Cc1ncc(CN(C)C)c([C@H]2CCCN2C(=O)COc2cccnc2)n1. The van der Waals surface area contributed by atoms with Crippen LogP contribution in [0.5, 0.6) is 5.75 Å². The van der Waals surface area contributed by atoms with Crippen molar-refractivity contribution >= 4 is 5.91 Å². The van der Waals surface area contributed by atoms with E-state index < -0.39 is 0 Å². The van der Waals surface area contributed by atoms with Crippen molar-refractivity contribution < 1.29 is 9.53 Å². The van der Waals surface area contributed by atoms with Gasteiger partial charge in [0.1, 0.15) is 11.6 Å². The number of carbonyl (C=O) groups excluding carboxylic acids is 1. The molecule has 7 nitrogen and oxygen atoms in total. The number of carbonyl (C=O) groups is 1. The van der Waals surface area contributed by atoms with Gasteiger partial charge in [-0.1, -0.05) is 0 Å². The summed E-state index contributed by atoms with van der Waals surface area (Å²) in [5.41, 5.74) is 2.02. The predicted octanol–water partition coefficient (Wildman–Crippen LogP) is 1.98. The second kappa shape index (κ2) is 8.23. The highest BCUT2D eigenvalue weighted by Crippen LogP contribution is 2.33. The van der Waals surface area contributed by atoms with Crippen LogP contribution < -0.4 is 4.74 Å². The van der Waals surface area contributed by atoms with Crippen molar-refractivity contribution in [2.75, 3.05) is 27.2 Å². The van der Waals surface area contributed by atoms with E-state index in [1.807, 2.05) is 32.1 Å². The van der Waals surface area contributed by atoms with Crippen molar-refractivity contribution in [2.45, 2.75) is 32.4 Å². The van der Waals surface area contributed by atoms with Gasteiger partial charge >= 0.3 is 0 Å². The molecule has 0 aliphatic carbocycles. The van der Waals surface area contributed by atoms with Gasteiger partial charge in [-0.15, -0.1) is 0 Å². The van der Waals surface area contributed by atoms with Crippen LogP contribution >= 0.6 is 0 Å². The maximum absolute atomic E-state index is 12.7. The number of likely N-dealkylation sites (tertiary alicyclic amines) is 1. The summed E-state index contributed by atoms with van der Waals surface area (Å²) in [6.07, 6.45) is 7.04. The molecule has 1 fully saturated rings. The van der Waals surface area contributed by atoms with Crippen molar-refractivity contribution in [2.24, 2.45) is 0 Å². The van der Waals surface area contributed by atoms with Gasteiger partial charge < -0.3 is 14.5 Å². The van der Waals surface area contributed by atoms with E-state index in [4.69, 9.17) is 4.74 Å². The minimum absolute atomic E-state index is 0.00920. The minimum Gasteiger partial charge on any atom is -0.482 e. The highest BCUT2D eigenvalue weighted by atomic mass is 16.5. The largest absolute Gasteiger partial charge is 0.482 e. The van der Waals surface area contributed by atoms with Crippen LogP contribution in [0, 0.1) is 6.92 Å². The van der Waals surface area contributed by atoms with E-state index in [1.54, 1.807) is 24.5 Å². The quantitative estimate of drug-likeness (QED) is 0.789. The van der Waals surface area contributed by atoms with Gasteiger partial charge in [0.05, 0.1) is 17.9 Å². The Kier molecular flexibility index (Phi) is 5.78. The summed E-state index contributed by atoms with van der Waals surface area (Å²) in [5, 5.41) is 0. The third kappa shape index (κ3) is 4.35. The zero-order chi connectivity index (χ0) is 18.5. The summed E-state index contributed by atoms with van der Waals surface area (Å²) in [6.45, 7) is 3.37. The molecular formula is C19H25N5O2. The minimum atomic E-state index is -0.0246. The Morgan fingerprint density at radius 3 is 2.96 bits per heavy atom. The van der Waals surface area contributed by atoms with E-state index >= 15 is 0 Å². The van der Waals surface area contributed by atoms with Crippen LogP contribution in [0.2, 0.25) is 0 Å². The van der Waals surface area contributed by atoms with Crippen LogP contribution in [0.25, 0.3) is 0 Å². The fourth-order valence-corrected chi connectivity index (χ4v) is 3.27. The number of aryl methyl sites for hydroxylation is 1. The molecule has 3 rings (SSSR count). The molecule has 1 aliphatic heterocycles. The first-order valence-electron chi connectivity index (χ1n) is 8.84. The molecular weight excluding hydrogens is 330 g/mol. The number of nitrogens with zero attached hydrogens (tertiary/aromatic N) is 5. The molecule has 0 spiro atoms. The molecule has 1 aliphatic rings. The molecule has 1 atom stereocenters. The molecule has 2 aromatic heterocycles. The molecule has 0 aromatic carbocycles. The van der Waals surface area contributed by atoms with Gasteiger partial charge in [0.15, 0.2) is 6.61 Å². The second-order valence-corrected chi connectivity index (χ2v) is 6.79.